The second kappa shape index (κ2) is 8.55. The summed E-state index contributed by atoms with van der Waals surface area (Å²) in [7, 11) is 0. The maximum atomic E-state index is 12.8. The van der Waals surface area contributed by atoms with E-state index in [0.717, 1.165) is 0 Å². The molecule has 2 rings (SSSR count). The lowest BCUT2D eigenvalue weighted by molar-refractivity contribution is -0.385. The van der Waals surface area contributed by atoms with Gasteiger partial charge in [0.15, 0.2) is 0 Å². The highest BCUT2D eigenvalue weighted by Gasteiger charge is 2.41. The van der Waals surface area contributed by atoms with Crippen LogP contribution < -0.4 is 11.1 Å². The summed E-state index contributed by atoms with van der Waals surface area (Å²) in [4.78, 5) is 36.4. The summed E-state index contributed by atoms with van der Waals surface area (Å²) in [6.45, 7) is 6.66. The molecule has 1 atom stereocenters. The van der Waals surface area contributed by atoms with Crippen molar-refractivity contribution >= 4 is 17.6 Å². The van der Waals surface area contributed by atoms with Crippen LogP contribution in [0.3, 0.4) is 0 Å². The average molecular weight is 389 g/mol. The molecule has 0 amide bonds. The zero-order valence-corrected chi connectivity index (χ0v) is 16.1. The largest absolute Gasteiger partial charge is 0.463 e. The molecule has 0 bridgehead atoms. The number of nitrogens with zero attached hydrogens (tertiary/aromatic N) is 1. The fourth-order valence-corrected chi connectivity index (χ4v) is 3.05. The number of dihydropyridines is 1. The van der Waals surface area contributed by atoms with E-state index >= 15 is 0 Å². The van der Waals surface area contributed by atoms with Crippen LogP contribution in [0.25, 0.3) is 0 Å². The molecule has 1 heterocycles. The Morgan fingerprint density at radius 3 is 2.46 bits per heavy atom. The van der Waals surface area contributed by atoms with E-state index in [-0.39, 0.29) is 34.8 Å². The van der Waals surface area contributed by atoms with Gasteiger partial charge in [0, 0.05) is 17.3 Å². The molecule has 1 aromatic carbocycles. The van der Waals surface area contributed by atoms with Crippen LogP contribution in [0.15, 0.2) is 46.9 Å². The summed E-state index contributed by atoms with van der Waals surface area (Å²) in [5.41, 5.74) is 6.30. The number of para-hydroxylation sites is 1. The zero-order chi connectivity index (χ0) is 21.0. The molecule has 28 heavy (non-hydrogen) atoms. The van der Waals surface area contributed by atoms with Crippen molar-refractivity contribution in [3.8, 4) is 0 Å². The number of carbonyl (C=O) groups excluding carboxylic acids is 2. The molecule has 0 aliphatic carbocycles. The highest BCUT2D eigenvalue weighted by molar-refractivity contribution is 6.00. The molecule has 1 aliphatic rings. The molecule has 0 spiro atoms. The number of hydrogen-bond acceptors (Lipinski definition) is 8. The molecule has 3 N–H and O–H groups in total. The van der Waals surface area contributed by atoms with Gasteiger partial charge in [-0.3, -0.25) is 10.1 Å². The number of hydrogen-bond donors (Lipinski definition) is 2. The highest BCUT2D eigenvalue weighted by Crippen LogP contribution is 2.41. The number of carbonyl (C=O) groups is 2. The van der Waals surface area contributed by atoms with Crippen molar-refractivity contribution in [1.29, 1.82) is 0 Å². The normalized spacial score (nSPS) is 16.7. The molecular weight excluding hydrogens is 366 g/mol. The number of benzene rings is 1. The van der Waals surface area contributed by atoms with E-state index in [1.807, 2.05) is 0 Å². The molecule has 0 aromatic heterocycles. The number of nitrogens with one attached hydrogen (secondary N) is 1. The number of nitrogens with two attached hydrogens (primary N) is 1. The Morgan fingerprint density at radius 2 is 1.89 bits per heavy atom. The minimum atomic E-state index is -1.10. The predicted octanol–water partition coefficient (Wildman–Crippen LogP) is 2.24. The van der Waals surface area contributed by atoms with Crippen molar-refractivity contribution in [2.75, 3.05) is 6.61 Å². The number of rotatable bonds is 6. The van der Waals surface area contributed by atoms with Crippen LogP contribution in [0.5, 0.6) is 0 Å². The Balaban J connectivity index is 2.75. The predicted molar refractivity (Wildman–Crippen MR) is 101 cm³/mol. The Hall–Kier alpha value is -3.36. The van der Waals surface area contributed by atoms with Gasteiger partial charge in [-0.25, -0.2) is 9.59 Å². The van der Waals surface area contributed by atoms with E-state index in [1.165, 1.54) is 18.2 Å². The molecule has 1 aromatic rings. The molecule has 0 fully saturated rings. The smallest absolute Gasteiger partial charge is 0.338 e. The monoisotopic (exact) mass is 389 g/mol. The SMILES string of the molecule is CCOC(=O)C1=C(C)NC(N)=C(C(=O)OC(C)C)C1c1ccccc1[N+](=O)[O-]. The third-order valence-corrected chi connectivity index (χ3v) is 4.10. The van der Waals surface area contributed by atoms with Crippen LogP contribution in [-0.4, -0.2) is 29.6 Å². The summed E-state index contributed by atoms with van der Waals surface area (Å²) in [6.07, 6.45) is -0.447. The van der Waals surface area contributed by atoms with Gasteiger partial charge in [0.1, 0.15) is 5.82 Å². The van der Waals surface area contributed by atoms with Gasteiger partial charge in [0.05, 0.1) is 34.7 Å². The summed E-state index contributed by atoms with van der Waals surface area (Å²) >= 11 is 0. The maximum absolute atomic E-state index is 12.8. The van der Waals surface area contributed by atoms with Crippen molar-refractivity contribution < 1.29 is 24.0 Å². The van der Waals surface area contributed by atoms with Gasteiger partial charge < -0.3 is 20.5 Å². The third kappa shape index (κ3) is 4.13. The molecule has 1 aliphatic heterocycles. The van der Waals surface area contributed by atoms with Crippen molar-refractivity contribution in [2.45, 2.75) is 39.7 Å². The standard InChI is InChI=1S/C19H23N3O6/c1-5-27-18(23)14-11(4)21-17(20)16(19(24)28-10(2)3)15(14)12-8-6-7-9-13(12)22(25)26/h6-10,15,21H,5,20H2,1-4H3. The quantitative estimate of drug-likeness (QED) is 0.430. The first kappa shape index (κ1) is 20.9. The summed E-state index contributed by atoms with van der Waals surface area (Å²) in [5.74, 6) is -2.59. The van der Waals surface area contributed by atoms with Crippen molar-refractivity contribution in [1.82, 2.24) is 5.32 Å². The van der Waals surface area contributed by atoms with E-state index < -0.39 is 28.9 Å². The molecule has 0 saturated heterocycles. The fourth-order valence-electron chi connectivity index (χ4n) is 3.05. The van der Waals surface area contributed by atoms with Crippen LogP contribution >= 0.6 is 0 Å². The summed E-state index contributed by atoms with van der Waals surface area (Å²) in [5, 5.41) is 14.4. The minimum absolute atomic E-state index is 0.0284. The summed E-state index contributed by atoms with van der Waals surface area (Å²) < 4.78 is 10.4. The molecule has 9 nitrogen and oxygen atoms in total. The number of ether oxygens (including phenoxy) is 2. The van der Waals surface area contributed by atoms with Gasteiger partial charge in [-0.2, -0.15) is 0 Å². The first-order valence-electron chi connectivity index (χ1n) is 8.77. The first-order chi connectivity index (χ1) is 13.2. The Bertz CT molecular complexity index is 872. The van der Waals surface area contributed by atoms with Gasteiger partial charge in [-0.1, -0.05) is 18.2 Å². The van der Waals surface area contributed by atoms with Crippen LogP contribution in [0, 0.1) is 10.1 Å². The maximum Gasteiger partial charge on any atom is 0.338 e. The van der Waals surface area contributed by atoms with E-state index in [9.17, 15) is 19.7 Å². The Morgan fingerprint density at radius 1 is 1.25 bits per heavy atom. The van der Waals surface area contributed by atoms with E-state index in [0.29, 0.717) is 5.70 Å². The molecule has 0 radical (unpaired) electrons. The van der Waals surface area contributed by atoms with E-state index in [2.05, 4.69) is 5.32 Å². The van der Waals surface area contributed by atoms with Gasteiger partial charge in [-0.15, -0.1) is 0 Å². The number of nitro benzene ring substituents is 1. The molecule has 150 valence electrons. The fraction of sp³-hybridized carbons (Fsp3) is 0.368. The third-order valence-electron chi connectivity index (χ3n) is 4.10. The molecule has 0 saturated carbocycles. The minimum Gasteiger partial charge on any atom is -0.463 e. The lowest BCUT2D eigenvalue weighted by atomic mass is 9.80. The average Bonchev–Trinajstić information content (AvgIpc) is 2.60. The first-order valence-corrected chi connectivity index (χ1v) is 8.77. The topological polar surface area (TPSA) is 134 Å². The number of esters is 2. The molecule has 1 unspecified atom stereocenters. The molecule has 9 heteroatoms. The highest BCUT2D eigenvalue weighted by atomic mass is 16.6. The zero-order valence-electron chi connectivity index (χ0n) is 16.1. The summed E-state index contributed by atoms with van der Waals surface area (Å²) in [6, 6.07) is 5.88. The van der Waals surface area contributed by atoms with Crippen LogP contribution in [0.2, 0.25) is 0 Å². The lowest BCUT2D eigenvalue weighted by Gasteiger charge is -2.30. The molecular formula is C19H23N3O6. The number of allylic oxidation sites excluding steroid dienone is 1. The van der Waals surface area contributed by atoms with Gasteiger partial charge in [-0.05, 0) is 27.7 Å². The van der Waals surface area contributed by atoms with Crippen molar-refractivity contribution in [3.63, 3.8) is 0 Å². The lowest BCUT2D eigenvalue weighted by Crippen LogP contribution is -2.36. The van der Waals surface area contributed by atoms with Crippen molar-refractivity contribution in [3.05, 3.63) is 62.6 Å². The van der Waals surface area contributed by atoms with Crippen LogP contribution in [-0.2, 0) is 19.1 Å². The van der Waals surface area contributed by atoms with Crippen LogP contribution in [0.4, 0.5) is 5.69 Å². The van der Waals surface area contributed by atoms with E-state index in [4.69, 9.17) is 15.2 Å². The second-order valence-corrected chi connectivity index (χ2v) is 6.41. The van der Waals surface area contributed by atoms with Crippen molar-refractivity contribution in [2.24, 2.45) is 5.73 Å². The Kier molecular flexibility index (Phi) is 6.40. The van der Waals surface area contributed by atoms with Gasteiger partial charge in [0.25, 0.3) is 5.69 Å². The van der Waals surface area contributed by atoms with Gasteiger partial charge >= 0.3 is 11.9 Å². The second-order valence-electron chi connectivity index (χ2n) is 6.41. The Labute approximate surface area is 162 Å². The number of nitro groups is 1. The van der Waals surface area contributed by atoms with Crippen LogP contribution in [0.1, 0.15) is 39.2 Å². The van der Waals surface area contributed by atoms with E-state index in [1.54, 1.807) is 33.8 Å². The van der Waals surface area contributed by atoms with Gasteiger partial charge in [0.2, 0.25) is 0 Å².